The summed E-state index contributed by atoms with van der Waals surface area (Å²) in [6, 6.07) is 8.39. The third kappa shape index (κ3) is 1.52. The Morgan fingerprint density at radius 2 is 2.12 bits per heavy atom. The fourth-order valence-electron chi connectivity index (χ4n) is 2.72. The van der Waals surface area contributed by atoms with Crippen LogP contribution in [0.15, 0.2) is 24.3 Å². The molecule has 1 fully saturated rings. The summed E-state index contributed by atoms with van der Waals surface area (Å²) in [5, 5.41) is 9.41. The SMILES string of the molecule is O=C1CC(O)CN1CC1Cc2ccccc21. The van der Waals surface area contributed by atoms with Crippen molar-refractivity contribution in [2.45, 2.75) is 24.9 Å². The number of carbonyl (C=O) groups is 1. The molecule has 3 heteroatoms. The van der Waals surface area contributed by atoms with Crippen molar-refractivity contribution < 1.29 is 9.90 Å². The maximum atomic E-state index is 11.5. The van der Waals surface area contributed by atoms with Crippen LogP contribution in [-0.2, 0) is 11.2 Å². The van der Waals surface area contributed by atoms with Crippen molar-refractivity contribution in [2.75, 3.05) is 13.1 Å². The number of hydrogen-bond acceptors (Lipinski definition) is 2. The lowest BCUT2D eigenvalue weighted by molar-refractivity contribution is -0.128. The lowest BCUT2D eigenvalue weighted by atomic mass is 9.77. The molecule has 1 amide bonds. The fraction of sp³-hybridized carbons (Fsp3) is 0.462. The van der Waals surface area contributed by atoms with Crippen LogP contribution in [0.1, 0.15) is 23.5 Å². The van der Waals surface area contributed by atoms with Crippen LogP contribution >= 0.6 is 0 Å². The van der Waals surface area contributed by atoms with Crippen LogP contribution in [0, 0.1) is 0 Å². The van der Waals surface area contributed by atoms with Crippen molar-refractivity contribution in [3.05, 3.63) is 35.4 Å². The first-order valence-corrected chi connectivity index (χ1v) is 5.77. The van der Waals surface area contributed by atoms with E-state index in [0.29, 0.717) is 18.9 Å². The Hall–Kier alpha value is -1.35. The van der Waals surface area contributed by atoms with E-state index in [0.717, 1.165) is 13.0 Å². The predicted octanol–water partition coefficient (Wildman–Crippen LogP) is 0.919. The molecule has 1 aliphatic carbocycles. The number of benzene rings is 1. The largest absolute Gasteiger partial charge is 0.391 e. The van der Waals surface area contributed by atoms with Gasteiger partial charge in [0, 0.05) is 19.0 Å². The van der Waals surface area contributed by atoms with Crippen LogP contribution in [0.4, 0.5) is 0 Å². The van der Waals surface area contributed by atoms with E-state index in [4.69, 9.17) is 0 Å². The lowest BCUT2D eigenvalue weighted by Crippen LogP contribution is -2.34. The average Bonchev–Trinajstić information content (AvgIpc) is 2.54. The minimum Gasteiger partial charge on any atom is -0.391 e. The predicted molar refractivity (Wildman–Crippen MR) is 60.1 cm³/mol. The molecule has 2 unspecified atom stereocenters. The molecule has 0 saturated carbocycles. The Balaban J connectivity index is 1.68. The van der Waals surface area contributed by atoms with Crippen LogP contribution in [0.3, 0.4) is 0 Å². The molecule has 3 nitrogen and oxygen atoms in total. The highest BCUT2D eigenvalue weighted by molar-refractivity contribution is 5.79. The van der Waals surface area contributed by atoms with Gasteiger partial charge < -0.3 is 10.0 Å². The number of nitrogens with zero attached hydrogens (tertiary/aromatic N) is 1. The van der Waals surface area contributed by atoms with E-state index in [1.807, 2.05) is 6.07 Å². The van der Waals surface area contributed by atoms with Crippen molar-refractivity contribution in [1.29, 1.82) is 0 Å². The quantitative estimate of drug-likeness (QED) is 0.800. The molecule has 0 spiro atoms. The van der Waals surface area contributed by atoms with E-state index in [2.05, 4.69) is 18.2 Å². The summed E-state index contributed by atoms with van der Waals surface area (Å²) in [7, 11) is 0. The zero-order valence-corrected chi connectivity index (χ0v) is 9.10. The molecule has 3 rings (SSSR count). The molecule has 1 aromatic rings. The van der Waals surface area contributed by atoms with Gasteiger partial charge in [-0.1, -0.05) is 24.3 Å². The molecule has 1 heterocycles. The minimum absolute atomic E-state index is 0.0943. The molecule has 0 radical (unpaired) electrons. The standard InChI is InChI=1S/C13H15NO2/c15-11-6-13(16)14(8-11)7-10-5-9-3-1-2-4-12(9)10/h1-4,10-11,15H,5-8H2. The molecule has 1 aromatic carbocycles. The van der Waals surface area contributed by atoms with Gasteiger partial charge in [0.15, 0.2) is 0 Å². The third-order valence-electron chi connectivity index (χ3n) is 3.60. The van der Waals surface area contributed by atoms with Crippen molar-refractivity contribution >= 4 is 5.91 Å². The number of rotatable bonds is 2. The highest BCUT2D eigenvalue weighted by Crippen LogP contribution is 2.35. The first kappa shape index (κ1) is 9.85. The Bertz CT molecular complexity index is 430. The molecule has 0 bridgehead atoms. The van der Waals surface area contributed by atoms with Gasteiger partial charge in [0.1, 0.15) is 0 Å². The molecular weight excluding hydrogens is 202 g/mol. The number of hydrogen-bond donors (Lipinski definition) is 1. The molecular formula is C13H15NO2. The van der Waals surface area contributed by atoms with Crippen molar-refractivity contribution in [1.82, 2.24) is 4.90 Å². The van der Waals surface area contributed by atoms with E-state index < -0.39 is 6.10 Å². The highest BCUT2D eigenvalue weighted by Gasteiger charge is 2.33. The Kier molecular flexibility index (Phi) is 2.21. The van der Waals surface area contributed by atoms with Crippen molar-refractivity contribution in [3.63, 3.8) is 0 Å². The van der Waals surface area contributed by atoms with E-state index in [-0.39, 0.29) is 5.91 Å². The van der Waals surface area contributed by atoms with Crippen LogP contribution in [-0.4, -0.2) is 35.1 Å². The maximum absolute atomic E-state index is 11.5. The van der Waals surface area contributed by atoms with Crippen molar-refractivity contribution in [2.24, 2.45) is 0 Å². The molecule has 2 aliphatic rings. The van der Waals surface area contributed by atoms with Gasteiger partial charge in [0.05, 0.1) is 12.5 Å². The Labute approximate surface area is 94.7 Å². The van der Waals surface area contributed by atoms with Crippen molar-refractivity contribution in [3.8, 4) is 0 Å². The molecule has 0 aromatic heterocycles. The van der Waals surface area contributed by atoms with Gasteiger partial charge in [0.25, 0.3) is 0 Å². The topological polar surface area (TPSA) is 40.5 Å². The molecule has 84 valence electrons. The second kappa shape index (κ2) is 3.59. The third-order valence-corrected chi connectivity index (χ3v) is 3.60. The van der Waals surface area contributed by atoms with E-state index in [1.54, 1.807) is 4.90 Å². The minimum atomic E-state index is -0.456. The Morgan fingerprint density at radius 1 is 1.31 bits per heavy atom. The van der Waals surface area contributed by atoms with E-state index in [9.17, 15) is 9.90 Å². The first-order chi connectivity index (χ1) is 7.74. The van der Waals surface area contributed by atoms with Gasteiger partial charge >= 0.3 is 0 Å². The molecule has 16 heavy (non-hydrogen) atoms. The summed E-state index contributed by atoms with van der Waals surface area (Å²) < 4.78 is 0. The summed E-state index contributed by atoms with van der Waals surface area (Å²) in [5.74, 6) is 0.572. The second-order valence-corrected chi connectivity index (χ2v) is 4.76. The van der Waals surface area contributed by atoms with Crippen LogP contribution in [0.5, 0.6) is 0 Å². The number of amides is 1. The maximum Gasteiger partial charge on any atom is 0.225 e. The number of likely N-dealkylation sites (tertiary alicyclic amines) is 1. The highest BCUT2D eigenvalue weighted by atomic mass is 16.3. The lowest BCUT2D eigenvalue weighted by Gasteiger charge is -2.33. The zero-order chi connectivity index (χ0) is 11.1. The van der Waals surface area contributed by atoms with Gasteiger partial charge in [-0.05, 0) is 17.5 Å². The number of carbonyl (C=O) groups excluding carboxylic acids is 1. The van der Waals surface area contributed by atoms with Gasteiger partial charge in [-0.25, -0.2) is 0 Å². The molecule has 1 saturated heterocycles. The van der Waals surface area contributed by atoms with Crippen LogP contribution in [0.25, 0.3) is 0 Å². The number of fused-ring (bicyclic) bond motifs is 1. The fourth-order valence-corrected chi connectivity index (χ4v) is 2.72. The number of β-amino-alcohol motifs (C(OH)–C–C–N with tert-alkyl or cyclic N) is 1. The summed E-state index contributed by atoms with van der Waals surface area (Å²) in [4.78, 5) is 13.3. The summed E-state index contributed by atoms with van der Waals surface area (Å²) in [6.45, 7) is 1.28. The summed E-state index contributed by atoms with van der Waals surface area (Å²) in [6.07, 6.45) is 0.910. The Morgan fingerprint density at radius 3 is 2.81 bits per heavy atom. The van der Waals surface area contributed by atoms with E-state index >= 15 is 0 Å². The summed E-state index contributed by atoms with van der Waals surface area (Å²) in [5.41, 5.74) is 2.77. The molecule has 1 N–H and O–H groups in total. The first-order valence-electron chi connectivity index (χ1n) is 5.77. The van der Waals surface area contributed by atoms with Gasteiger partial charge in [0.2, 0.25) is 5.91 Å². The molecule has 2 atom stereocenters. The number of aliphatic hydroxyl groups is 1. The zero-order valence-electron chi connectivity index (χ0n) is 9.10. The average molecular weight is 217 g/mol. The van der Waals surface area contributed by atoms with Crippen LogP contribution in [0.2, 0.25) is 0 Å². The molecule has 1 aliphatic heterocycles. The van der Waals surface area contributed by atoms with E-state index in [1.165, 1.54) is 11.1 Å². The van der Waals surface area contributed by atoms with Crippen LogP contribution < -0.4 is 0 Å². The number of aliphatic hydroxyl groups excluding tert-OH is 1. The normalized spacial score (nSPS) is 27.8. The van der Waals surface area contributed by atoms with Gasteiger partial charge in [-0.3, -0.25) is 4.79 Å². The smallest absolute Gasteiger partial charge is 0.225 e. The summed E-state index contributed by atoms with van der Waals surface area (Å²) >= 11 is 0. The van der Waals surface area contributed by atoms with Gasteiger partial charge in [-0.2, -0.15) is 0 Å². The monoisotopic (exact) mass is 217 g/mol. The van der Waals surface area contributed by atoms with Gasteiger partial charge in [-0.15, -0.1) is 0 Å². The second-order valence-electron chi connectivity index (χ2n) is 4.76.